The van der Waals surface area contributed by atoms with E-state index in [1.165, 1.54) is 0 Å². The Morgan fingerprint density at radius 3 is 2.42 bits per heavy atom. The van der Waals surface area contributed by atoms with Crippen LogP contribution in [0.5, 0.6) is 0 Å². The zero-order valence-corrected chi connectivity index (χ0v) is 16.0. The van der Waals surface area contributed by atoms with Gasteiger partial charge < -0.3 is 9.88 Å². The Labute approximate surface area is 157 Å². The van der Waals surface area contributed by atoms with Gasteiger partial charge in [-0.3, -0.25) is 14.6 Å². The highest BCUT2D eigenvalue weighted by atomic mass is 35.5. The molecule has 1 N–H and O–H groups in total. The molecule has 0 spiro atoms. The Kier molecular flexibility index (Phi) is 5.14. The van der Waals surface area contributed by atoms with Crippen LogP contribution < -0.4 is 5.56 Å². The van der Waals surface area contributed by atoms with E-state index in [0.717, 1.165) is 18.4 Å². The molecule has 1 fully saturated rings. The van der Waals surface area contributed by atoms with Crippen molar-refractivity contribution in [2.45, 2.75) is 39.5 Å². The summed E-state index contributed by atoms with van der Waals surface area (Å²) in [6, 6.07) is 3.58. The van der Waals surface area contributed by atoms with Crippen LogP contribution in [0.25, 0.3) is 11.4 Å². The Morgan fingerprint density at radius 2 is 1.85 bits per heavy atom. The monoisotopic (exact) mass is 374 g/mol. The first-order valence-corrected chi connectivity index (χ1v) is 9.14. The van der Waals surface area contributed by atoms with Crippen molar-refractivity contribution in [2.24, 2.45) is 5.41 Å². The van der Waals surface area contributed by atoms with Gasteiger partial charge in [0.25, 0.3) is 5.56 Å². The number of carbonyl (C=O) groups is 1. The summed E-state index contributed by atoms with van der Waals surface area (Å²) in [4.78, 5) is 37.9. The fraction of sp³-hybridized carbons (Fsp3) is 0.474. The summed E-state index contributed by atoms with van der Waals surface area (Å²) in [5, 5.41) is 0.142. The number of pyridine rings is 1. The van der Waals surface area contributed by atoms with Gasteiger partial charge in [0.1, 0.15) is 10.8 Å². The third-order valence-electron chi connectivity index (χ3n) is 4.65. The first kappa shape index (κ1) is 18.6. The molecule has 138 valence electrons. The van der Waals surface area contributed by atoms with Gasteiger partial charge in [-0.2, -0.15) is 0 Å². The van der Waals surface area contributed by atoms with Gasteiger partial charge in [-0.15, -0.1) is 0 Å². The molecule has 3 heterocycles. The number of nitrogens with zero attached hydrogens (tertiary/aromatic N) is 3. The number of amides is 1. The molecule has 0 aromatic carbocycles. The van der Waals surface area contributed by atoms with Crippen LogP contribution in [0, 0.1) is 5.41 Å². The minimum atomic E-state index is -0.388. The molecule has 6 nitrogen and oxygen atoms in total. The van der Waals surface area contributed by atoms with E-state index in [9.17, 15) is 9.59 Å². The van der Waals surface area contributed by atoms with Crippen LogP contribution in [0.4, 0.5) is 0 Å². The number of H-pyrrole nitrogens is 1. The van der Waals surface area contributed by atoms with Gasteiger partial charge in [-0.05, 0) is 25.0 Å². The summed E-state index contributed by atoms with van der Waals surface area (Å²) < 4.78 is 0. The lowest BCUT2D eigenvalue weighted by atomic mass is 9.89. The van der Waals surface area contributed by atoms with Crippen molar-refractivity contribution >= 4 is 17.5 Å². The van der Waals surface area contributed by atoms with Crippen LogP contribution in [0.15, 0.2) is 29.3 Å². The van der Waals surface area contributed by atoms with E-state index >= 15 is 0 Å². The second kappa shape index (κ2) is 7.19. The molecule has 1 aliphatic heterocycles. The van der Waals surface area contributed by atoms with Gasteiger partial charge in [-0.25, -0.2) is 4.98 Å². The number of carbonyl (C=O) groups excluding carboxylic acids is 1. The molecule has 0 radical (unpaired) electrons. The highest BCUT2D eigenvalue weighted by Gasteiger charge is 2.32. The zero-order chi connectivity index (χ0) is 18.9. The highest BCUT2D eigenvalue weighted by molar-refractivity contribution is 6.31. The van der Waals surface area contributed by atoms with Crippen molar-refractivity contribution in [3.05, 3.63) is 45.6 Å². The predicted octanol–water partition coefficient (Wildman–Crippen LogP) is 3.24. The minimum absolute atomic E-state index is 0.0643. The third-order valence-corrected chi connectivity index (χ3v) is 5.02. The molecular formula is C19H23ClN4O2. The van der Waals surface area contributed by atoms with E-state index < -0.39 is 0 Å². The number of halogens is 1. The Balaban J connectivity index is 1.84. The second-order valence-corrected chi connectivity index (χ2v) is 8.04. The number of rotatable bonds is 2. The predicted molar refractivity (Wildman–Crippen MR) is 101 cm³/mol. The van der Waals surface area contributed by atoms with E-state index in [0.29, 0.717) is 24.6 Å². The van der Waals surface area contributed by atoms with Gasteiger partial charge in [0.2, 0.25) is 5.91 Å². The highest BCUT2D eigenvalue weighted by Crippen LogP contribution is 2.32. The number of likely N-dealkylation sites (tertiary alicyclic amines) is 1. The normalized spacial score (nSPS) is 15.9. The summed E-state index contributed by atoms with van der Waals surface area (Å²) in [5.74, 6) is 0.706. The van der Waals surface area contributed by atoms with Crippen LogP contribution in [-0.2, 0) is 4.79 Å². The topological polar surface area (TPSA) is 79.0 Å². The standard InChI is InChI=1S/C19H23ClN4O2/c1-19(2,3)18(26)24-10-6-12(7-11-24)15-14(20)17(25)23-16(22-15)13-4-8-21-9-5-13/h4-5,8-9,12H,6-7,10-11H2,1-3H3,(H,22,23,25). The number of aromatic nitrogens is 3. The van der Waals surface area contributed by atoms with Crippen LogP contribution in [0.1, 0.15) is 45.2 Å². The van der Waals surface area contributed by atoms with Crippen molar-refractivity contribution in [3.63, 3.8) is 0 Å². The molecule has 1 saturated heterocycles. The largest absolute Gasteiger partial charge is 0.342 e. The number of piperidine rings is 1. The van der Waals surface area contributed by atoms with E-state index in [2.05, 4.69) is 15.0 Å². The molecule has 0 bridgehead atoms. The van der Waals surface area contributed by atoms with Crippen molar-refractivity contribution in [1.82, 2.24) is 19.9 Å². The molecule has 0 atom stereocenters. The first-order chi connectivity index (χ1) is 12.3. The smallest absolute Gasteiger partial charge is 0.270 e. The molecule has 0 aliphatic carbocycles. The summed E-state index contributed by atoms with van der Waals surface area (Å²) >= 11 is 6.26. The molecule has 7 heteroatoms. The van der Waals surface area contributed by atoms with Crippen LogP contribution in [0.3, 0.4) is 0 Å². The molecule has 1 amide bonds. The fourth-order valence-corrected chi connectivity index (χ4v) is 3.47. The van der Waals surface area contributed by atoms with Crippen molar-refractivity contribution in [1.29, 1.82) is 0 Å². The van der Waals surface area contributed by atoms with Gasteiger partial charge >= 0.3 is 0 Å². The number of nitrogens with one attached hydrogen (secondary N) is 1. The van der Waals surface area contributed by atoms with E-state index in [4.69, 9.17) is 11.6 Å². The maximum atomic E-state index is 12.4. The quantitative estimate of drug-likeness (QED) is 0.875. The number of hydrogen-bond donors (Lipinski definition) is 1. The Bertz CT molecular complexity index is 850. The molecule has 3 rings (SSSR count). The summed E-state index contributed by atoms with van der Waals surface area (Å²) in [5.41, 5.74) is 0.679. The SMILES string of the molecule is CC(C)(C)C(=O)N1CCC(c2nc(-c3ccncc3)[nH]c(=O)c2Cl)CC1. The summed E-state index contributed by atoms with van der Waals surface area (Å²) in [6.45, 7) is 7.08. The number of hydrogen-bond acceptors (Lipinski definition) is 4. The fourth-order valence-electron chi connectivity index (χ4n) is 3.22. The minimum Gasteiger partial charge on any atom is -0.342 e. The van der Waals surface area contributed by atoms with E-state index in [1.807, 2.05) is 25.7 Å². The van der Waals surface area contributed by atoms with Gasteiger partial charge in [0.05, 0.1) is 5.69 Å². The van der Waals surface area contributed by atoms with E-state index in [-0.39, 0.29) is 27.8 Å². The maximum Gasteiger partial charge on any atom is 0.270 e. The van der Waals surface area contributed by atoms with Crippen LogP contribution >= 0.6 is 11.6 Å². The molecular weight excluding hydrogens is 352 g/mol. The molecule has 2 aromatic rings. The lowest BCUT2D eigenvalue weighted by Crippen LogP contribution is -2.44. The summed E-state index contributed by atoms with van der Waals surface area (Å²) in [6.07, 6.45) is 4.79. The first-order valence-electron chi connectivity index (χ1n) is 8.77. The van der Waals surface area contributed by atoms with Crippen molar-refractivity contribution < 1.29 is 4.79 Å². The Hall–Kier alpha value is -2.21. The van der Waals surface area contributed by atoms with E-state index in [1.54, 1.807) is 24.5 Å². The molecule has 26 heavy (non-hydrogen) atoms. The van der Waals surface area contributed by atoms with Crippen LogP contribution in [0.2, 0.25) is 5.02 Å². The van der Waals surface area contributed by atoms with Crippen molar-refractivity contribution in [3.8, 4) is 11.4 Å². The average Bonchev–Trinajstić information content (AvgIpc) is 2.63. The maximum absolute atomic E-state index is 12.4. The third kappa shape index (κ3) is 3.80. The lowest BCUT2D eigenvalue weighted by molar-refractivity contribution is -0.140. The van der Waals surface area contributed by atoms with Crippen molar-refractivity contribution in [2.75, 3.05) is 13.1 Å². The summed E-state index contributed by atoms with van der Waals surface area (Å²) in [7, 11) is 0. The Morgan fingerprint density at radius 1 is 1.23 bits per heavy atom. The second-order valence-electron chi connectivity index (χ2n) is 7.67. The molecule has 0 unspecified atom stereocenters. The molecule has 1 aliphatic rings. The average molecular weight is 375 g/mol. The van der Waals surface area contributed by atoms with Crippen LogP contribution in [-0.4, -0.2) is 38.8 Å². The van der Waals surface area contributed by atoms with Gasteiger partial charge in [0, 0.05) is 42.4 Å². The lowest BCUT2D eigenvalue weighted by Gasteiger charge is -2.35. The zero-order valence-electron chi connectivity index (χ0n) is 15.3. The van der Waals surface area contributed by atoms with Gasteiger partial charge in [-0.1, -0.05) is 32.4 Å². The molecule has 0 saturated carbocycles. The molecule has 2 aromatic heterocycles. The van der Waals surface area contributed by atoms with Gasteiger partial charge in [0.15, 0.2) is 0 Å². The number of aromatic amines is 1.